The number of hydrogen-bond acceptors (Lipinski definition) is 4. The van der Waals surface area contributed by atoms with Gasteiger partial charge in [-0.3, -0.25) is 4.79 Å². The van der Waals surface area contributed by atoms with E-state index in [0.29, 0.717) is 13.2 Å². The molecule has 23 heavy (non-hydrogen) atoms. The second kappa shape index (κ2) is 7.68. The van der Waals surface area contributed by atoms with E-state index in [1.54, 1.807) is 0 Å². The first-order valence-corrected chi connectivity index (χ1v) is 8.49. The number of carbonyl (C=O) groups is 1. The van der Waals surface area contributed by atoms with Gasteiger partial charge in [-0.25, -0.2) is 0 Å². The van der Waals surface area contributed by atoms with Crippen molar-refractivity contribution in [1.82, 2.24) is 5.32 Å². The molecule has 0 bridgehead atoms. The van der Waals surface area contributed by atoms with Crippen molar-refractivity contribution in [3.05, 3.63) is 23.8 Å². The lowest BCUT2D eigenvalue weighted by Gasteiger charge is -2.19. The molecule has 0 heterocycles. The van der Waals surface area contributed by atoms with Gasteiger partial charge in [0.05, 0.1) is 24.8 Å². The van der Waals surface area contributed by atoms with E-state index in [9.17, 15) is 4.79 Å². The van der Waals surface area contributed by atoms with Crippen LogP contribution in [0.2, 0.25) is 0 Å². The standard InChI is InChI=1S/C18H28N2O3/c1-4-10-22-15-7-6-14(12-16(15)23-11-5-2)13(3)20-17(21)18(19)8-9-18/h6-7,12-13H,4-5,8-11,19H2,1-3H3,(H,20,21). The van der Waals surface area contributed by atoms with Crippen LogP contribution in [0.4, 0.5) is 0 Å². The summed E-state index contributed by atoms with van der Waals surface area (Å²) in [5, 5.41) is 2.98. The van der Waals surface area contributed by atoms with E-state index in [2.05, 4.69) is 19.2 Å². The van der Waals surface area contributed by atoms with Gasteiger partial charge in [-0.15, -0.1) is 0 Å². The average molecular weight is 320 g/mol. The summed E-state index contributed by atoms with van der Waals surface area (Å²) in [6.45, 7) is 7.38. The third-order valence-electron chi connectivity index (χ3n) is 3.98. The van der Waals surface area contributed by atoms with E-state index >= 15 is 0 Å². The molecule has 0 aliphatic heterocycles. The normalized spacial score (nSPS) is 16.5. The fourth-order valence-electron chi connectivity index (χ4n) is 2.24. The maximum atomic E-state index is 12.1. The molecule has 1 aliphatic carbocycles. The Bertz CT molecular complexity index is 541. The van der Waals surface area contributed by atoms with Crippen LogP contribution >= 0.6 is 0 Å². The van der Waals surface area contributed by atoms with Crippen molar-refractivity contribution in [1.29, 1.82) is 0 Å². The van der Waals surface area contributed by atoms with Crippen LogP contribution < -0.4 is 20.5 Å². The molecular formula is C18H28N2O3. The zero-order valence-corrected chi connectivity index (χ0v) is 14.4. The largest absolute Gasteiger partial charge is 0.490 e. The molecule has 2 rings (SSSR count). The van der Waals surface area contributed by atoms with Crippen LogP contribution in [0.15, 0.2) is 18.2 Å². The molecule has 1 aromatic carbocycles. The maximum Gasteiger partial charge on any atom is 0.240 e. The Labute approximate surface area is 138 Å². The second-order valence-corrected chi connectivity index (χ2v) is 6.25. The second-order valence-electron chi connectivity index (χ2n) is 6.25. The molecule has 1 aromatic rings. The van der Waals surface area contributed by atoms with Gasteiger partial charge in [-0.05, 0) is 50.3 Å². The zero-order valence-electron chi connectivity index (χ0n) is 14.4. The maximum absolute atomic E-state index is 12.1. The Balaban J connectivity index is 2.09. The number of carbonyl (C=O) groups excluding carboxylic acids is 1. The summed E-state index contributed by atoms with van der Waals surface area (Å²) in [6.07, 6.45) is 3.40. The molecule has 1 saturated carbocycles. The van der Waals surface area contributed by atoms with Crippen molar-refractivity contribution >= 4 is 5.91 Å². The number of ether oxygens (including phenoxy) is 2. The van der Waals surface area contributed by atoms with Crippen LogP contribution in [0.25, 0.3) is 0 Å². The minimum atomic E-state index is -0.653. The molecule has 1 unspecified atom stereocenters. The molecule has 0 aromatic heterocycles. The smallest absolute Gasteiger partial charge is 0.240 e. The molecular weight excluding hydrogens is 292 g/mol. The number of amides is 1. The third-order valence-corrected chi connectivity index (χ3v) is 3.98. The summed E-state index contributed by atoms with van der Waals surface area (Å²) in [6, 6.07) is 5.70. The van der Waals surface area contributed by atoms with Crippen molar-refractivity contribution in [2.75, 3.05) is 13.2 Å². The molecule has 1 fully saturated rings. The Kier molecular flexibility index (Phi) is 5.88. The minimum Gasteiger partial charge on any atom is -0.490 e. The highest BCUT2D eigenvalue weighted by Gasteiger charge is 2.46. The molecule has 5 heteroatoms. The fraction of sp³-hybridized carbons (Fsp3) is 0.611. The van der Waals surface area contributed by atoms with E-state index < -0.39 is 5.54 Å². The Morgan fingerprint density at radius 2 is 1.83 bits per heavy atom. The molecule has 0 spiro atoms. The third kappa shape index (κ3) is 4.61. The summed E-state index contributed by atoms with van der Waals surface area (Å²) in [7, 11) is 0. The lowest BCUT2D eigenvalue weighted by Crippen LogP contribution is -2.43. The summed E-state index contributed by atoms with van der Waals surface area (Å²) in [4.78, 5) is 12.1. The fourth-order valence-corrected chi connectivity index (χ4v) is 2.24. The van der Waals surface area contributed by atoms with Gasteiger partial charge in [0.1, 0.15) is 0 Å². The summed E-state index contributed by atoms with van der Waals surface area (Å²) in [5.41, 5.74) is 6.27. The summed E-state index contributed by atoms with van der Waals surface area (Å²) < 4.78 is 11.5. The predicted octanol–water partition coefficient (Wildman–Crippen LogP) is 2.93. The number of nitrogens with one attached hydrogen (secondary N) is 1. The van der Waals surface area contributed by atoms with Gasteiger partial charge < -0.3 is 20.5 Å². The molecule has 3 N–H and O–H groups in total. The van der Waals surface area contributed by atoms with Crippen LogP contribution in [-0.4, -0.2) is 24.7 Å². The predicted molar refractivity (Wildman–Crippen MR) is 90.7 cm³/mol. The van der Waals surface area contributed by atoms with Crippen molar-refractivity contribution < 1.29 is 14.3 Å². The van der Waals surface area contributed by atoms with E-state index in [1.165, 1.54) is 0 Å². The Morgan fingerprint density at radius 3 is 2.39 bits per heavy atom. The lowest BCUT2D eigenvalue weighted by atomic mass is 10.1. The average Bonchev–Trinajstić information content (AvgIpc) is 3.30. The highest BCUT2D eigenvalue weighted by atomic mass is 16.5. The van der Waals surface area contributed by atoms with E-state index in [0.717, 1.165) is 42.7 Å². The first kappa shape index (κ1) is 17.6. The minimum absolute atomic E-state index is 0.0765. The molecule has 0 saturated heterocycles. The van der Waals surface area contributed by atoms with Crippen molar-refractivity contribution in [2.45, 2.75) is 58.0 Å². The highest BCUT2D eigenvalue weighted by Crippen LogP contribution is 2.34. The lowest BCUT2D eigenvalue weighted by molar-refractivity contribution is -0.123. The van der Waals surface area contributed by atoms with Gasteiger partial charge in [0.25, 0.3) is 0 Å². The Hall–Kier alpha value is -1.75. The zero-order chi connectivity index (χ0) is 16.9. The SMILES string of the molecule is CCCOc1ccc(C(C)NC(=O)C2(N)CC2)cc1OCCC. The van der Waals surface area contributed by atoms with Gasteiger partial charge in [-0.1, -0.05) is 19.9 Å². The van der Waals surface area contributed by atoms with Crippen molar-refractivity contribution in [3.8, 4) is 11.5 Å². The first-order chi connectivity index (χ1) is 11.0. The van der Waals surface area contributed by atoms with Crippen molar-refractivity contribution in [2.24, 2.45) is 5.73 Å². The highest BCUT2D eigenvalue weighted by molar-refractivity contribution is 5.89. The molecule has 128 valence electrons. The number of hydrogen-bond donors (Lipinski definition) is 2. The van der Waals surface area contributed by atoms with Gasteiger partial charge in [0.15, 0.2) is 11.5 Å². The topological polar surface area (TPSA) is 73.6 Å². The van der Waals surface area contributed by atoms with E-state index in [-0.39, 0.29) is 11.9 Å². The van der Waals surface area contributed by atoms with Crippen LogP contribution in [0.5, 0.6) is 11.5 Å². The molecule has 5 nitrogen and oxygen atoms in total. The molecule has 1 amide bonds. The van der Waals surface area contributed by atoms with Crippen LogP contribution in [0.1, 0.15) is 58.1 Å². The first-order valence-electron chi connectivity index (χ1n) is 8.49. The number of nitrogens with two attached hydrogens (primary N) is 1. The van der Waals surface area contributed by atoms with Gasteiger partial charge in [0, 0.05) is 0 Å². The Morgan fingerprint density at radius 1 is 1.22 bits per heavy atom. The summed E-state index contributed by atoms with van der Waals surface area (Å²) >= 11 is 0. The molecule has 1 atom stereocenters. The van der Waals surface area contributed by atoms with Crippen LogP contribution in [-0.2, 0) is 4.79 Å². The molecule has 1 aliphatic rings. The van der Waals surface area contributed by atoms with E-state index in [4.69, 9.17) is 15.2 Å². The van der Waals surface area contributed by atoms with E-state index in [1.807, 2.05) is 25.1 Å². The number of rotatable bonds is 9. The monoisotopic (exact) mass is 320 g/mol. The molecule has 0 radical (unpaired) electrons. The quantitative estimate of drug-likeness (QED) is 0.733. The summed E-state index contributed by atoms with van der Waals surface area (Å²) in [5.74, 6) is 1.40. The van der Waals surface area contributed by atoms with Gasteiger partial charge >= 0.3 is 0 Å². The van der Waals surface area contributed by atoms with Crippen molar-refractivity contribution in [3.63, 3.8) is 0 Å². The van der Waals surface area contributed by atoms with Crippen LogP contribution in [0, 0.1) is 0 Å². The van der Waals surface area contributed by atoms with Gasteiger partial charge in [-0.2, -0.15) is 0 Å². The number of benzene rings is 1. The van der Waals surface area contributed by atoms with Crippen LogP contribution in [0.3, 0.4) is 0 Å². The van der Waals surface area contributed by atoms with Gasteiger partial charge in [0.2, 0.25) is 5.91 Å².